The third-order valence-electron chi connectivity index (χ3n) is 2.66. The van der Waals surface area contributed by atoms with Crippen LogP contribution in [0.2, 0.25) is 0 Å². The summed E-state index contributed by atoms with van der Waals surface area (Å²) in [6.45, 7) is 5.11. The third-order valence-corrected chi connectivity index (χ3v) is 2.66. The lowest BCUT2D eigenvalue weighted by Gasteiger charge is -2.25. The molecule has 0 bridgehead atoms. The molecular formula is C9H20FN. The van der Waals surface area contributed by atoms with E-state index in [1.165, 1.54) is 38.8 Å². The Morgan fingerprint density at radius 2 is 1.82 bits per heavy atom. The predicted molar refractivity (Wildman–Crippen MR) is 44.3 cm³/mol. The van der Waals surface area contributed by atoms with E-state index < -0.39 is 0 Å². The highest BCUT2D eigenvalue weighted by Crippen LogP contribution is 2.15. The van der Waals surface area contributed by atoms with Crippen molar-refractivity contribution in [1.82, 2.24) is 0 Å². The van der Waals surface area contributed by atoms with Crippen LogP contribution in [0.15, 0.2) is 0 Å². The van der Waals surface area contributed by atoms with Gasteiger partial charge in [0.25, 0.3) is 0 Å². The van der Waals surface area contributed by atoms with Crippen molar-refractivity contribution in [3.63, 3.8) is 0 Å². The van der Waals surface area contributed by atoms with Gasteiger partial charge in [-0.3, -0.25) is 0 Å². The Morgan fingerprint density at radius 3 is 2.27 bits per heavy atom. The van der Waals surface area contributed by atoms with E-state index in [-0.39, 0.29) is 4.70 Å². The van der Waals surface area contributed by atoms with E-state index in [1.807, 2.05) is 0 Å². The Morgan fingerprint density at radius 1 is 1.27 bits per heavy atom. The van der Waals surface area contributed by atoms with E-state index in [4.69, 9.17) is 0 Å². The van der Waals surface area contributed by atoms with Gasteiger partial charge in [0.2, 0.25) is 0 Å². The summed E-state index contributed by atoms with van der Waals surface area (Å²) < 4.78 is 0. The van der Waals surface area contributed by atoms with Gasteiger partial charge in [-0.1, -0.05) is 19.8 Å². The molecule has 68 valence electrons. The standard InChI is InChI=1S/C9H19N.FH/c1-3-4-9-5-7-10(2)8-6-9;/h9H,3-8H2,1-2H3;1H. The molecule has 1 heterocycles. The van der Waals surface area contributed by atoms with Crippen LogP contribution in [0.1, 0.15) is 32.6 Å². The minimum atomic E-state index is 0. The second kappa shape index (κ2) is 5.53. The number of rotatable bonds is 2. The molecule has 1 aliphatic rings. The molecule has 0 aliphatic carbocycles. The normalized spacial score (nSPS) is 31.1. The van der Waals surface area contributed by atoms with Crippen molar-refractivity contribution in [2.45, 2.75) is 32.6 Å². The first-order chi connectivity index (χ1) is 4.83. The highest BCUT2D eigenvalue weighted by atomic mass is 19.0. The fraction of sp³-hybridized carbons (Fsp3) is 1.00. The third kappa shape index (κ3) is 3.71. The number of hydrogen-bond acceptors (Lipinski definition) is 0. The van der Waals surface area contributed by atoms with Crippen molar-refractivity contribution in [3.8, 4) is 0 Å². The van der Waals surface area contributed by atoms with Crippen molar-refractivity contribution in [3.05, 3.63) is 0 Å². The second-order valence-electron chi connectivity index (χ2n) is 3.69. The Bertz CT molecular complexity index is 87.6. The maximum absolute atomic E-state index is 2.31. The first kappa shape index (κ1) is 10.9. The molecular weight excluding hydrogens is 141 g/mol. The molecule has 0 unspecified atom stereocenters. The largest absolute Gasteiger partial charge is 1.00 e. The van der Waals surface area contributed by atoms with Crippen LogP contribution in [0.4, 0.5) is 0 Å². The number of hydrogen-bond donors (Lipinski definition) is 1. The van der Waals surface area contributed by atoms with Gasteiger partial charge in [-0.05, 0) is 18.8 Å². The van der Waals surface area contributed by atoms with Crippen LogP contribution in [-0.2, 0) is 0 Å². The lowest BCUT2D eigenvalue weighted by atomic mass is 9.93. The number of nitrogens with one attached hydrogen (secondary N) is 1. The molecule has 0 saturated carbocycles. The number of quaternary nitrogens is 1. The van der Waals surface area contributed by atoms with Gasteiger partial charge in [0.1, 0.15) is 0 Å². The Kier molecular flexibility index (Phi) is 5.47. The molecule has 0 aromatic carbocycles. The minimum Gasteiger partial charge on any atom is -1.00 e. The Balaban J connectivity index is 0.000001000. The van der Waals surface area contributed by atoms with E-state index in [0.717, 1.165) is 5.92 Å². The summed E-state index contributed by atoms with van der Waals surface area (Å²) in [6, 6.07) is 0. The number of piperidine rings is 1. The molecule has 1 rings (SSSR count). The first-order valence-electron chi connectivity index (χ1n) is 4.64. The van der Waals surface area contributed by atoms with E-state index in [0.29, 0.717) is 0 Å². The molecule has 0 aromatic rings. The molecule has 1 aliphatic heterocycles. The minimum absolute atomic E-state index is 0. The van der Waals surface area contributed by atoms with Crippen LogP contribution in [0, 0.1) is 5.92 Å². The lowest BCUT2D eigenvalue weighted by Crippen LogP contribution is -3.10. The van der Waals surface area contributed by atoms with Crippen molar-refractivity contribution in [2.75, 3.05) is 20.1 Å². The van der Waals surface area contributed by atoms with E-state index in [2.05, 4.69) is 14.0 Å². The van der Waals surface area contributed by atoms with E-state index in [9.17, 15) is 0 Å². The van der Waals surface area contributed by atoms with Crippen molar-refractivity contribution in [1.29, 1.82) is 0 Å². The number of likely N-dealkylation sites (tertiary alicyclic amines) is 1. The predicted octanol–water partition coefficient (Wildman–Crippen LogP) is -2.28. The van der Waals surface area contributed by atoms with Crippen molar-refractivity contribution >= 4 is 0 Å². The molecule has 1 fully saturated rings. The van der Waals surface area contributed by atoms with Crippen LogP contribution < -0.4 is 9.60 Å². The highest BCUT2D eigenvalue weighted by molar-refractivity contribution is 4.60. The van der Waals surface area contributed by atoms with Crippen LogP contribution in [-0.4, -0.2) is 20.1 Å². The second-order valence-corrected chi connectivity index (χ2v) is 3.69. The molecule has 1 nitrogen and oxygen atoms in total. The Hall–Kier alpha value is -0.110. The summed E-state index contributed by atoms with van der Waals surface area (Å²) in [7, 11) is 2.31. The van der Waals surface area contributed by atoms with Crippen LogP contribution in [0.3, 0.4) is 0 Å². The highest BCUT2D eigenvalue weighted by Gasteiger charge is 2.17. The lowest BCUT2D eigenvalue weighted by molar-refractivity contribution is -0.886. The van der Waals surface area contributed by atoms with E-state index in [1.54, 1.807) is 4.90 Å². The fourth-order valence-electron chi connectivity index (χ4n) is 1.87. The zero-order chi connectivity index (χ0) is 7.40. The average Bonchev–Trinajstić information content (AvgIpc) is 1.95. The van der Waals surface area contributed by atoms with Gasteiger partial charge >= 0.3 is 0 Å². The molecule has 0 aromatic heterocycles. The smallest absolute Gasteiger partial charge is 0.0771 e. The van der Waals surface area contributed by atoms with Crippen LogP contribution >= 0.6 is 0 Å². The zero-order valence-corrected chi connectivity index (χ0v) is 7.70. The molecule has 0 radical (unpaired) electrons. The zero-order valence-electron chi connectivity index (χ0n) is 7.70. The molecule has 11 heavy (non-hydrogen) atoms. The summed E-state index contributed by atoms with van der Waals surface area (Å²) in [5, 5.41) is 0. The maximum Gasteiger partial charge on any atom is 0.0771 e. The fourth-order valence-corrected chi connectivity index (χ4v) is 1.87. The summed E-state index contributed by atoms with van der Waals surface area (Å²) in [6.07, 6.45) is 5.79. The molecule has 2 heteroatoms. The van der Waals surface area contributed by atoms with Gasteiger partial charge in [-0.15, -0.1) is 0 Å². The van der Waals surface area contributed by atoms with Crippen LogP contribution in [0.5, 0.6) is 0 Å². The van der Waals surface area contributed by atoms with E-state index >= 15 is 0 Å². The topological polar surface area (TPSA) is 4.44 Å². The monoisotopic (exact) mass is 161 g/mol. The van der Waals surface area contributed by atoms with Gasteiger partial charge < -0.3 is 9.60 Å². The van der Waals surface area contributed by atoms with Gasteiger partial charge in [-0.25, -0.2) is 0 Å². The molecule has 0 amide bonds. The SMILES string of the molecule is CCCC1CC[NH+](C)CC1.[F-]. The summed E-state index contributed by atoms with van der Waals surface area (Å²) in [5.41, 5.74) is 0. The average molecular weight is 161 g/mol. The van der Waals surface area contributed by atoms with Crippen LogP contribution in [0.25, 0.3) is 0 Å². The van der Waals surface area contributed by atoms with Gasteiger partial charge in [0.15, 0.2) is 0 Å². The number of halogens is 1. The molecule has 1 N–H and O–H groups in total. The summed E-state index contributed by atoms with van der Waals surface area (Å²) in [4.78, 5) is 1.73. The first-order valence-corrected chi connectivity index (χ1v) is 4.64. The maximum atomic E-state index is 2.31. The molecule has 0 spiro atoms. The van der Waals surface area contributed by atoms with Gasteiger partial charge in [0.05, 0.1) is 20.1 Å². The van der Waals surface area contributed by atoms with Gasteiger partial charge in [0, 0.05) is 0 Å². The summed E-state index contributed by atoms with van der Waals surface area (Å²) >= 11 is 0. The van der Waals surface area contributed by atoms with Crippen molar-refractivity contribution < 1.29 is 9.60 Å². The summed E-state index contributed by atoms with van der Waals surface area (Å²) in [5.74, 6) is 1.06. The molecule has 0 atom stereocenters. The van der Waals surface area contributed by atoms with Gasteiger partial charge in [-0.2, -0.15) is 0 Å². The Labute approximate surface area is 69.1 Å². The quantitative estimate of drug-likeness (QED) is 0.465. The van der Waals surface area contributed by atoms with Crippen molar-refractivity contribution in [2.24, 2.45) is 5.92 Å². The molecule has 1 saturated heterocycles.